The van der Waals surface area contributed by atoms with Crippen molar-refractivity contribution in [3.8, 4) is 0 Å². The molecule has 1 N–H and O–H groups in total. The molecule has 0 radical (unpaired) electrons. The summed E-state index contributed by atoms with van der Waals surface area (Å²) in [6, 6.07) is 10.8. The van der Waals surface area contributed by atoms with E-state index in [1.165, 1.54) is 12.1 Å². The third-order valence-corrected chi connectivity index (χ3v) is 16.2. The highest BCUT2D eigenvalue weighted by molar-refractivity contribution is 5.81. The Morgan fingerprint density at radius 3 is 1.41 bits per heavy atom. The molecule has 4 aliphatic rings. The summed E-state index contributed by atoms with van der Waals surface area (Å²) in [7, 11) is 0. The topological polar surface area (TPSA) is 101 Å². The van der Waals surface area contributed by atoms with Crippen LogP contribution in [0.3, 0.4) is 0 Å². The average Bonchev–Trinajstić information content (AvgIpc) is 3.42. The monoisotopic (exact) mass is 1120 g/mol. The second kappa shape index (κ2) is 27.5. The summed E-state index contributed by atoms with van der Waals surface area (Å²) >= 11 is 0. The van der Waals surface area contributed by atoms with E-state index in [-0.39, 0.29) is 94.9 Å². The number of nitrogens with zero attached hydrogens (tertiary/aromatic N) is 4. The third kappa shape index (κ3) is 14.3. The van der Waals surface area contributed by atoms with E-state index in [0.29, 0.717) is 69.1 Å². The number of rotatable bonds is 9. The van der Waals surface area contributed by atoms with Crippen molar-refractivity contribution in [2.24, 2.45) is 23.7 Å². The van der Waals surface area contributed by atoms with Gasteiger partial charge in [-0.1, -0.05) is 52.0 Å². The Bertz CT molecular complexity index is 2800. The van der Waals surface area contributed by atoms with Crippen LogP contribution in [0, 0.1) is 81.8 Å². The molecule has 8 rings (SSSR count). The van der Waals surface area contributed by atoms with Crippen LogP contribution in [0.15, 0.2) is 60.7 Å². The van der Waals surface area contributed by atoms with Gasteiger partial charge in [-0.2, -0.15) is 0 Å². The Morgan fingerprint density at radius 1 is 0.468 bits per heavy atom. The molecule has 0 spiro atoms. The summed E-state index contributed by atoms with van der Waals surface area (Å²) in [5, 5.41) is 9.55. The number of aliphatic hydroxyl groups is 1. The van der Waals surface area contributed by atoms with Crippen molar-refractivity contribution in [1.29, 1.82) is 0 Å². The molecule has 4 aliphatic heterocycles. The summed E-state index contributed by atoms with van der Waals surface area (Å²) in [5.74, 6) is -11.5. The van der Waals surface area contributed by atoms with Gasteiger partial charge in [0.15, 0.2) is 46.5 Å². The number of benzene rings is 4. The Labute approximate surface area is 457 Å². The lowest BCUT2D eigenvalue weighted by atomic mass is 9.79. The van der Waals surface area contributed by atoms with Gasteiger partial charge in [0, 0.05) is 110 Å². The fourth-order valence-electron chi connectivity index (χ4n) is 11.9. The lowest BCUT2D eigenvalue weighted by Crippen LogP contribution is -2.52. The van der Waals surface area contributed by atoms with Gasteiger partial charge in [0.05, 0.1) is 6.10 Å². The van der Waals surface area contributed by atoms with Crippen LogP contribution in [-0.2, 0) is 19.2 Å². The van der Waals surface area contributed by atoms with E-state index in [4.69, 9.17) is 0 Å². The molecule has 4 amide bonds. The van der Waals surface area contributed by atoms with Crippen LogP contribution in [0.1, 0.15) is 148 Å². The van der Waals surface area contributed by atoms with Crippen molar-refractivity contribution in [3.63, 3.8) is 0 Å². The molecule has 9 nitrogen and oxygen atoms in total. The number of amides is 4. The lowest BCUT2D eigenvalue weighted by Gasteiger charge is -2.42. The second-order valence-corrected chi connectivity index (χ2v) is 21.6. The molecule has 0 aliphatic carbocycles. The van der Waals surface area contributed by atoms with E-state index in [9.17, 15) is 68.2 Å². The van der Waals surface area contributed by atoms with Gasteiger partial charge in [-0.3, -0.25) is 19.2 Å². The first kappa shape index (κ1) is 63.8. The van der Waals surface area contributed by atoms with Crippen LogP contribution in [0.25, 0.3) is 0 Å². The van der Waals surface area contributed by atoms with Crippen molar-refractivity contribution in [1.82, 2.24) is 19.6 Å². The maximum absolute atomic E-state index is 14.0. The van der Waals surface area contributed by atoms with Gasteiger partial charge < -0.3 is 24.7 Å². The standard InChI is InChI=1S/C16H21F2NO2.2C15H18F3NO.C14H17F2NO/c1-9-7-13(12-5-4-6-14(17)15(12)18)11(3)19(16(9)21)8-10(2)20;1-4-19-9(3)11(5-8(2)15(19)20)12-6-10(16)7-13(17)14(12)18;1-4-19-9(3)10(7-8(2)15(19)20)13-11(16)5-6-12(17)14(13)18;1-3-17-8-10(7-9(2)14(17)18)11-5-4-6-12(15)13(11)16/h4-6,9-11,13,20H,7-8H2,1-3H3;6-9,11H,4-5H2,1-3H3;5-6,8-10H,4,7H2,1-3H3;4-6,9-10H,3,7-8H2,1-2H3/t9-,10+,11+,13+;8-,9+,11+;8-,9+,10+;9-,10+/m0000/s1. The number of aliphatic hydroxyl groups excluding tert-OH is 1. The first-order valence-electron chi connectivity index (χ1n) is 27.2. The number of likely N-dealkylation sites (N-methyl/N-ethyl adjacent to an activating group) is 3. The number of β-amino-alcohol motifs (C(OH)–C–C–N with tert-alkyl or cyclic N) is 1. The Morgan fingerprint density at radius 2 is 0.886 bits per heavy atom. The largest absolute Gasteiger partial charge is 0.392 e. The minimum atomic E-state index is -1.18. The van der Waals surface area contributed by atoms with Gasteiger partial charge in [0.25, 0.3) is 0 Å². The van der Waals surface area contributed by atoms with Crippen molar-refractivity contribution >= 4 is 23.6 Å². The Balaban J connectivity index is 0.000000194. The molecule has 12 atom stereocenters. The molecule has 4 saturated heterocycles. The van der Waals surface area contributed by atoms with E-state index >= 15 is 0 Å². The van der Waals surface area contributed by atoms with Gasteiger partial charge in [-0.25, -0.2) is 43.9 Å². The average molecular weight is 1120 g/mol. The SMILES string of the molecule is CCN1C(=O)[C@@H](C)C[C@@H](c2c(F)ccc(F)c2F)[C@H]1C.CCN1C(=O)[C@@H](C)C[C@@H](c2cc(F)cc(F)c2F)[C@H]1C.CCN1C[C@H](c2cccc(F)c2F)C[C@H](C)C1=O.C[C@@H]1[C@H](c2cccc(F)c2F)C[C@H](C)C(=O)N1C[C@@H](C)O. The number of carbonyl (C=O) groups is 4. The van der Waals surface area contributed by atoms with Gasteiger partial charge in [-0.15, -0.1) is 0 Å². The van der Waals surface area contributed by atoms with E-state index in [1.54, 1.807) is 73.3 Å². The lowest BCUT2D eigenvalue weighted by molar-refractivity contribution is -0.143. The third-order valence-electron chi connectivity index (χ3n) is 16.2. The van der Waals surface area contributed by atoms with Crippen molar-refractivity contribution in [2.75, 3.05) is 32.7 Å². The molecule has 0 bridgehead atoms. The molecule has 0 aromatic heterocycles. The van der Waals surface area contributed by atoms with Crippen molar-refractivity contribution in [2.45, 2.75) is 150 Å². The number of carbonyl (C=O) groups excluding carboxylic acids is 4. The first-order valence-corrected chi connectivity index (χ1v) is 27.2. The number of hydrogen-bond donors (Lipinski definition) is 1. The molecule has 79 heavy (non-hydrogen) atoms. The summed E-state index contributed by atoms with van der Waals surface area (Å²) in [6.07, 6.45) is 1.14. The molecule has 434 valence electrons. The normalized spacial score (nSPS) is 26.6. The smallest absolute Gasteiger partial charge is 0.225 e. The van der Waals surface area contributed by atoms with Crippen LogP contribution in [-0.4, -0.2) is 105 Å². The van der Waals surface area contributed by atoms with Gasteiger partial charge in [-0.05, 0) is 121 Å². The van der Waals surface area contributed by atoms with E-state index < -0.39 is 76.1 Å². The van der Waals surface area contributed by atoms with Gasteiger partial charge >= 0.3 is 0 Å². The van der Waals surface area contributed by atoms with E-state index in [2.05, 4.69) is 0 Å². The van der Waals surface area contributed by atoms with Gasteiger partial charge in [0.1, 0.15) is 11.6 Å². The molecule has 4 aromatic carbocycles. The summed E-state index contributed by atoms with van der Waals surface area (Å²) in [6.45, 7) is 21.9. The molecule has 4 heterocycles. The Hall–Kier alpha value is -5.98. The summed E-state index contributed by atoms with van der Waals surface area (Å²) < 4.78 is 136. The maximum atomic E-state index is 14.0. The number of halogens is 10. The van der Waals surface area contributed by atoms with E-state index in [0.717, 1.165) is 30.3 Å². The molecular weight excluding hydrogens is 1050 g/mol. The molecule has 19 heteroatoms. The molecule has 4 aromatic rings. The number of hydrogen-bond acceptors (Lipinski definition) is 5. The summed E-state index contributed by atoms with van der Waals surface area (Å²) in [4.78, 5) is 54.7. The minimum absolute atomic E-state index is 0.00790. The zero-order valence-corrected chi connectivity index (χ0v) is 46.7. The molecule has 0 unspecified atom stereocenters. The van der Waals surface area contributed by atoms with Crippen LogP contribution < -0.4 is 0 Å². The highest BCUT2D eigenvalue weighted by Crippen LogP contribution is 2.41. The molecule has 4 fully saturated rings. The van der Waals surface area contributed by atoms with Gasteiger partial charge in [0.2, 0.25) is 23.6 Å². The quantitative estimate of drug-likeness (QED) is 0.133. The number of piperidine rings is 4. The fraction of sp³-hybridized carbons (Fsp3) is 0.533. The molecular formula is C60H74F10N4O5. The summed E-state index contributed by atoms with van der Waals surface area (Å²) in [5.41, 5.74) is 0.466. The van der Waals surface area contributed by atoms with Crippen LogP contribution in [0.4, 0.5) is 43.9 Å². The van der Waals surface area contributed by atoms with Crippen LogP contribution >= 0.6 is 0 Å². The minimum Gasteiger partial charge on any atom is -0.392 e. The zero-order valence-electron chi connectivity index (χ0n) is 46.7. The highest BCUT2D eigenvalue weighted by atomic mass is 19.2. The van der Waals surface area contributed by atoms with Crippen LogP contribution in [0.5, 0.6) is 0 Å². The Kier molecular flexibility index (Phi) is 22.2. The predicted octanol–water partition coefficient (Wildman–Crippen LogP) is 12.6. The molecule has 0 saturated carbocycles. The predicted molar refractivity (Wildman–Crippen MR) is 280 cm³/mol. The zero-order chi connectivity index (χ0) is 59.1. The second-order valence-electron chi connectivity index (χ2n) is 21.6. The van der Waals surface area contributed by atoms with Crippen molar-refractivity contribution in [3.05, 3.63) is 141 Å². The number of likely N-dealkylation sites (tertiary alicyclic amines) is 4. The first-order chi connectivity index (χ1) is 37.1. The van der Waals surface area contributed by atoms with E-state index in [1.807, 2.05) is 34.6 Å². The van der Waals surface area contributed by atoms with Crippen LogP contribution in [0.2, 0.25) is 0 Å². The highest BCUT2D eigenvalue weighted by Gasteiger charge is 2.42. The van der Waals surface area contributed by atoms with Crippen molar-refractivity contribution < 1.29 is 68.2 Å². The maximum Gasteiger partial charge on any atom is 0.225 e. The fourth-order valence-corrected chi connectivity index (χ4v) is 11.9.